The summed E-state index contributed by atoms with van der Waals surface area (Å²) in [6.07, 6.45) is 1.62. The molecule has 0 amide bonds. The van der Waals surface area contributed by atoms with Crippen LogP contribution in [0, 0.1) is 0 Å². The van der Waals surface area contributed by atoms with Crippen molar-refractivity contribution in [2.75, 3.05) is 0 Å². The Morgan fingerprint density at radius 3 is 3.00 bits per heavy atom. The number of benzene rings is 1. The van der Waals surface area contributed by atoms with Gasteiger partial charge in [-0.1, -0.05) is 34.1 Å². The predicted molar refractivity (Wildman–Crippen MR) is 77.3 cm³/mol. The Morgan fingerprint density at radius 2 is 2.21 bits per heavy atom. The molecule has 0 spiro atoms. The fourth-order valence-electron chi connectivity index (χ4n) is 2.55. The van der Waals surface area contributed by atoms with Crippen molar-refractivity contribution in [2.45, 2.75) is 30.7 Å². The van der Waals surface area contributed by atoms with Crippen LogP contribution in [0.25, 0.3) is 10.9 Å². The van der Waals surface area contributed by atoms with E-state index in [-0.39, 0.29) is 16.9 Å². The summed E-state index contributed by atoms with van der Waals surface area (Å²) < 4.78 is 5.43. The minimum absolute atomic E-state index is 0.137. The molecule has 0 saturated carbocycles. The highest BCUT2D eigenvalue weighted by molar-refractivity contribution is 9.09. The molecule has 2 aromatic rings. The van der Waals surface area contributed by atoms with Crippen LogP contribution in [0.3, 0.4) is 0 Å². The van der Waals surface area contributed by atoms with Gasteiger partial charge in [0.05, 0.1) is 16.0 Å². The number of hydrogen-bond donors (Lipinski definition) is 0. The third-order valence-electron chi connectivity index (χ3n) is 3.42. The number of aromatic nitrogens is 1. The van der Waals surface area contributed by atoms with Crippen molar-refractivity contribution in [3.8, 4) is 0 Å². The van der Waals surface area contributed by atoms with Crippen LogP contribution in [0.5, 0.6) is 0 Å². The fourth-order valence-corrected chi connectivity index (χ4v) is 3.13. The Bertz CT molecular complexity index is 641. The molecule has 3 rings (SSSR count). The molecule has 0 N–H and O–H groups in total. The second kappa shape index (κ2) is 4.93. The van der Waals surface area contributed by atoms with Crippen LogP contribution < -0.4 is 0 Å². The highest BCUT2D eigenvalue weighted by atomic mass is 79.9. The molecule has 4 heteroatoms. The SMILES string of the molecule is CC(=O)OC1c2nc3ccccc3cc2CCC1Br. The first-order valence-corrected chi connectivity index (χ1v) is 7.26. The lowest BCUT2D eigenvalue weighted by atomic mass is 9.92. The molecular weight excluding hydrogens is 306 g/mol. The van der Waals surface area contributed by atoms with Crippen LogP contribution in [0.4, 0.5) is 0 Å². The van der Waals surface area contributed by atoms with E-state index in [4.69, 9.17) is 9.72 Å². The number of aryl methyl sites for hydroxylation is 1. The van der Waals surface area contributed by atoms with Crippen molar-refractivity contribution >= 4 is 32.8 Å². The molecule has 0 fully saturated rings. The van der Waals surface area contributed by atoms with Gasteiger partial charge in [-0.2, -0.15) is 0 Å². The van der Waals surface area contributed by atoms with E-state index in [1.165, 1.54) is 12.5 Å². The zero-order chi connectivity index (χ0) is 13.4. The van der Waals surface area contributed by atoms with Gasteiger partial charge in [0.25, 0.3) is 0 Å². The molecule has 0 aliphatic heterocycles. The summed E-state index contributed by atoms with van der Waals surface area (Å²) >= 11 is 3.60. The highest BCUT2D eigenvalue weighted by Crippen LogP contribution is 2.37. The van der Waals surface area contributed by atoms with Crippen LogP contribution in [0.1, 0.15) is 30.7 Å². The lowest BCUT2D eigenvalue weighted by molar-refractivity contribution is -0.147. The number of carbonyl (C=O) groups is 1. The van der Waals surface area contributed by atoms with Gasteiger partial charge in [0.2, 0.25) is 0 Å². The molecule has 0 radical (unpaired) electrons. The number of halogens is 1. The first kappa shape index (κ1) is 12.6. The Kier molecular flexibility index (Phi) is 3.27. The quantitative estimate of drug-likeness (QED) is 0.596. The smallest absolute Gasteiger partial charge is 0.303 e. The van der Waals surface area contributed by atoms with E-state index in [0.717, 1.165) is 29.4 Å². The predicted octanol–water partition coefficient (Wildman–Crippen LogP) is 3.55. The van der Waals surface area contributed by atoms with E-state index >= 15 is 0 Å². The van der Waals surface area contributed by atoms with Crippen LogP contribution in [-0.2, 0) is 16.0 Å². The summed E-state index contributed by atoms with van der Waals surface area (Å²) in [5.41, 5.74) is 3.02. The summed E-state index contributed by atoms with van der Waals surface area (Å²) in [6, 6.07) is 10.2. The third-order valence-corrected chi connectivity index (χ3v) is 4.35. The zero-order valence-corrected chi connectivity index (χ0v) is 12.2. The van der Waals surface area contributed by atoms with Crippen LogP contribution in [-0.4, -0.2) is 15.8 Å². The van der Waals surface area contributed by atoms with E-state index in [1.54, 1.807) is 0 Å². The molecular formula is C15H14BrNO2. The van der Waals surface area contributed by atoms with Crippen molar-refractivity contribution < 1.29 is 9.53 Å². The van der Waals surface area contributed by atoms with Gasteiger partial charge < -0.3 is 4.74 Å². The number of esters is 1. The lowest BCUT2D eigenvalue weighted by Gasteiger charge is -2.28. The van der Waals surface area contributed by atoms with Gasteiger partial charge in [0.1, 0.15) is 0 Å². The van der Waals surface area contributed by atoms with Crippen LogP contribution in [0.2, 0.25) is 0 Å². The number of rotatable bonds is 1. The van der Waals surface area contributed by atoms with E-state index in [1.807, 2.05) is 18.2 Å². The Hall–Kier alpha value is -1.42. The summed E-state index contributed by atoms with van der Waals surface area (Å²) in [5.74, 6) is -0.266. The minimum Gasteiger partial charge on any atom is -0.455 e. The number of ether oxygens (including phenoxy) is 1. The summed E-state index contributed by atoms with van der Waals surface area (Å²) in [6.45, 7) is 1.44. The van der Waals surface area contributed by atoms with Crippen molar-refractivity contribution in [1.82, 2.24) is 4.98 Å². The Labute approximate surface area is 120 Å². The molecule has 0 bridgehead atoms. The van der Waals surface area contributed by atoms with Gasteiger partial charge >= 0.3 is 5.97 Å². The minimum atomic E-state index is -0.286. The number of hydrogen-bond acceptors (Lipinski definition) is 3. The second-order valence-corrected chi connectivity index (χ2v) is 5.99. The first-order chi connectivity index (χ1) is 9.15. The first-order valence-electron chi connectivity index (χ1n) is 6.35. The van der Waals surface area contributed by atoms with Crippen molar-refractivity contribution in [2.24, 2.45) is 0 Å². The second-order valence-electron chi connectivity index (χ2n) is 4.81. The monoisotopic (exact) mass is 319 g/mol. The molecule has 1 aromatic heterocycles. The van der Waals surface area contributed by atoms with Crippen molar-refractivity contribution in [3.63, 3.8) is 0 Å². The molecule has 1 aliphatic carbocycles. The molecule has 1 aromatic carbocycles. The number of pyridine rings is 1. The third kappa shape index (κ3) is 2.37. The van der Waals surface area contributed by atoms with Crippen molar-refractivity contribution in [1.29, 1.82) is 0 Å². The Morgan fingerprint density at radius 1 is 1.42 bits per heavy atom. The van der Waals surface area contributed by atoms with Gasteiger partial charge in [0.15, 0.2) is 6.10 Å². The Balaban J connectivity index is 2.12. The number of para-hydroxylation sites is 1. The molecule has 19 heavy (non-hydrogen) atoms. The normalized spacial score (nSPS) is 22.0. The summed E-state index contributed by atoms with van der Waals surface area (Å²) in [4.78, 5) is 16.1. The van der Waals surface area contributed by atoms with Crippen LogP contribution >= 0.6 is 15.9 Å². The maximum Gasteiger partial charge on any atom is 0.303 e. The van der Waals surface area contributed by atoms with Gasteiger partial charge in [-0.05, 0) is 30.5 Å². The lowest BCUT2D eigenvalue weighted by Crippen LogP contribution is -2.26. The summed E-state index contributed by atoms with van der Waals surface area (Å²) in [7, 11) is 0. The standard InChI is InChI=1S/C15H14BrNO2/c1-9(18)19-15-12(16)7-6-11-8-10-4-2-3-5-13(10)17-14(11)15/h2-5,8,12,15H,6-7H2,1H3. The molecule has 3 nitrogen and oxygen atoms in total. The van der Waals surface area contributed by atoms with Gasteiger partial charge in [-0.15, -0.1) is 0 Å². The molecule has 0 saturated heterocycles. The van der Waals surface area contributed by atoms with Gasteiger partial charge in [0, 0.05) is 12.3 Å². The largest absolute Gasteiger partial charge is 0.455 e. The molecule has 2 atom stereocenters. The number of nitrogens with zero attached hydrogens (tertiary/aromatic N) is 1. The van der Waals surface area contributed by atoms with Crippen molar-refractivity contribution in [3.05, 3.63) is 41.6 Å². The van der Waals surface area contributed by atoms with Gasteiger partial charge in [-0.3, -0.25) is 4.79 Å². The fraction of sp³-hybridized carbons (Fsp3) is 0.333. The topological polar surface area (TPSA) is 39.2 Å². The number of fused-ring (bicyclic) bond motifs is 2. The molecule has 1 heterocycles. The van der Waals surface area contributed by atoms with E-state index in [9.17, 15) is 4.79 Å². The zero-order valence-electron chi connectivity index (χ0n) is 10.6. The maximum absolute atomic E-state index is 11.3. The van der Waals surface area contributed by atoms with E-state index < -0.39 is 0 Å². The van der Waals surface area contributed by atoms with E-state index in [0.29, 0.717) is 0 Å². The molecule has 98 valence electrons. The highest BCUT2D eigenvalue weighted by Gasteiger charge is 2.31. The average Bonchev–Trinajstić information content (AvgIpc) is 2.40. The van der Waals surface area contributed by atoms with Crippen LogP contribution in [0.15, 0.2) is 30.3 Å². The number of carbonyl (C=O) groups excluding carboxylic acids is 1. The van der Waals surface area contributed by atoms with Gasteiger partial charge in [-0.25, -0.2) is 4.98 Å². The number of alkyl halides is 1. The summed E-state index contributed by atoms with van der Waals surface area (Å²) in [5, 5.41) is 1.14. The molecule has 1 aliphatic rings. The average molecular weight is 320 g/mol. The maximum atomic E-state index is 11.3. The van der Waals surface area contributed by atoms with E-state index in [2.05, 4.69) is 28.1 Å². The molecule has 2 unspecified atom stereocenters.